The van der Waals surface area contributed by atoms with E-state index in [1.807, 2.05) is 0 Å². The zero-order valence-corrected chi connectivity index (χ0v) is 11.4. The fourth-order valence-corrected chi connectivity index (χ4v) is 2.73. The second-order valence-electron chi connectivity index (χ2n) is 4.58. The zero-order chi connectivity index (χ0) is 13.2. The molecule has 0 radical (unpaired) electrons. The summed E-state index contributed by atoms with van der Waals surface area (Å²) in [4.78, 5) is 12.5. The van der Waals surface area contributed by atoms with Gasteiger partial charge in [0.05, 0.1) is 5.69 Å². The number of rotatable bonds is 3. The topological polar surface area (TPSA) is 66.9 Å². The quantitative estimate of drug-likeness (QED) is 0.887. The van der Waals surface area contributed by atoms with Gasteiger partial charge >= 0.3 is 0 Å². The molecule has 0 atom stereocenters. The van der Waals surface area contributed by atoms with Crippen LogP contribution in [0.5, 0.6) is 0 Å². The Morgan fingerprint density at radius 1 is 1.42 bits per heavy atom. The molecule has 1 aromatic carbocycles. The van der Waals surface area contributed by atoms with Crippen molar-refractivity contribution in [3.63, 3.8) is 0 Å². The van der Waals surface area contributed by atoms with Gasteiger partial charge in [0.1, 0.15) is 4.88 Å². The molecule has 3 rings (SSSR count). The number of fused-ring (bicyclic) bond motifs is 1. The molecule has 98 valence electrons. The van der Waals surface area contributed by atoms with Crippen molar-refractivity contribution in [1.29, 1.82) is 0 Å². The summed E-state index contributed by atoms with van der Waals surface area (Å²) in [5, 5.41) is 10.1. The number of carbonyl (C=O) groups excluding carboxylic acids is 1. The van der Waals surface area contributed by atoms with Gasteiger partial charge in [-0.15, -0.1) is 5.10 Å². The zero-order valence-electron chi connectivity index (χ0n) is 10.6. The van der Waals surface area contributed by atoms with E-state index in [4.69, 9.17) is 0 Å². The first-order valence-electron chi connectivity index (χ1n) is 6.12. The molecule has 2 N–H and O–H groups in total. The fraction of sp³-hybridized carbons (Fsp3) is 0.308. The van der Waals surface area contributed by atoms with Crippen LogP contribution in [0, 0.1) is 6.92 Å². The Labute approximate surface area is 115 Å². The van der Waals surface area contributed by atoms with Crippen molar-refractivity contribution < 1.29 is 4.79 Å². The van der Waals surface area contributed by atoms with Crippen molar-refractivity contribution in [2.75, 3.05) is 0 Å². The van der Waals surface area contributed by atoms with Gasteiger partial charge in [-0.05, 0) is 35.1 Å². The monoisotopic (exact) mass is 274 g/mol. The molecule has 0 saturated heterocycles. The standard InChI is InChI=1S/C13H14N4OS/c1-8-12(19-17-16-8)13(18)15-5-9-2-3-10-6-14-7-11(10)4-9/h2-4,14H,5-7H2,1H3,(H,15,18). The Balaban J connectivity index is 1.66. The van der Waals surface area contributed by atoms with E-state index in [1.54, 1.807) is 6.92 Å². The maximum absolute atomic E-state index is 11.9. The van der Waals surface area contributed by atoms with E-state index >= 15 is 0 Å². The van der Waals surface area contributed by atoms with E-state index in [0.29, 0.717) is 17.1 Å². The van der Waals surface area contributed by atoms with Crippen molar-refractivity contribution in [1.82, 2.24) is 20.2 Å². The number of aromatic nitrogens is 2. The van der Waals surface area contributed by atoms with Crippen LogP contribution in [0.1, 0.15) is 32.1 Å². The molecule has 0 spiro atoms. The summed E-state index contributed by atoms with van der Waals surface area (Å²) in [5.41, 5.74) is 4.46. The predicted molar refractivity (Wildman–Crippen MR) is 72.8 cm³/mol. The lowest BCUT2D eigenvalue weighted by Gasteiger charge is -2.06. The van der Waals surface area contributed by atoms with Crippen molar-refractivity contribution in [3.8, 4) is 0 Å². The number of hydrogen-bond donors (Lipinski definition) is 2. The summed E-state index contributed by atoms with van der Waals surface area (Å²) < 4.78 is 3.77. The SMILES string of the molecule is Cc1nnsc1C(=O)NCc1ccc2c(c1)CNC2. The highest BCUT2D eigenvalue weighted by molar-refractivity contribution is 7.07. The van der Waals surface area contributed by atoms with Crippen molar-refractivity contribution in [2.45, 2.75) is 26.6 Å². The molecule has 0 saturated carbocycles. The summed E-state index contributed by atoms with van der Waals surface area (Å²) in [6.45, 7) is 4.17. The Morgan fingerprint density at radius 2 is 2.26 bits per heavy atom. The Bertz CT molecular complexity index is 623. The van der Waals surface area contributed by atoms with Crippen molar-refractivity contribution >= 4 is 17.4 Å². The summed E-state index contributed by atoms with van der Waals surface area (Å²) in [5.74, 6) is -0.105. The number of carbonyl (C=O) groups is 1. The number of amides is 1. The van der Waals surface area contributed by atoms with E-state index in [-0.39, 0.29) is 5.91 Å². The number of nitrogens with one attached hydrogen (secondary N) is 2. The molecule has 0 aliphatic carbocycles. The molecular weight excluding hydrogens is 260 g/mol. The second kappa shape index (κ2) is 5.07. The van der Waals surface area contributed by atoms with Crippen LogP contribution in [0.3, 0.4) is 0 Å². The van der Waals surface area contributed by atoms with Crippen LogP contribution in [0.15, 0.2) is 18.2 Å². The molecule has 2 aromatic rings. The Morgan fingerprint density at radius 3 is 3.05 bits per heavy atom. The molecule has 5 nitrogen and oxygen atoms in total. The summed E-state index contributed by atoms with van der Waals surface area (Å²) in [7, 11) is 0. The highest BCUT2D eigenvalue weighted by atomic mass is 32.1. The summed E-state index contributed by atoms with van der Waals surface area (Å²) >= 11 is 1.13. The normalized spacial score (nSPS) is 13.3. The van der Waals surface area contributed by atoms with Crippen molar-refractivity contribution in [3.05, 3.63) is 45.5 Å². The van der Waals surface area contributed by atoms with Crippen LogP contribution in [-0.2, 0) is 19.6 Å². The highest BCUT2D eigenvalue weighted by Gasteiger charge is 2.13. The molecule has 6 heteroatoms. The van der Waals surface area contributed by atoms with Crippen molar-refractivity contribution in [2.24, 2.45) is 0 Å². The third-order valence-electron chi connectivity index (χ3n) is 3.21. The van der Waals surface area contributed by atoms with Crippen LogP contribution in [0.2, 0.25) is 0 Å². The molecule has 1 amide bonds. The maximum Gasteiger partial charge on any atom is 0.265 e. The van der Waals surface area contributed by atoms with Gasteiger partial charge in [-0.3, -0.25) is 4.79 Å². The highest BCUT2D eigenvalue weighted by Crippen LogP contribution is 2.17. The first-order chi connectivity index (χ1) is 9.24. The van der Waals surface area contributed by atoms with Crippen LogP contribution >= 0.6 is 11.5 Å². The van der Waals surface area contributed by atoms with E-state index in [9.17, 15) is 4.79 Å². The van der Waals surface area contributed by atoms with Gasteiger partial charge in [0.15, 0.2) is 0 Å². The van der Waals surface area contributed by atoms with E-state index in [0.717, 1.165) is 30.2 Å². The van der Waals surface area contributed by atoms with Crippen LogP contribution in [0.25, 0.3) is 0 Å². The minimum atomic E-state index is -0.105. The molecule has 1 aliphatic rings. The molecule has 0 unspecified atom stereocenters. The molecule has 2 heterocycles. The van der Waals surface area contributed by atoms with Crippen LogP contribution in [0.4, 0.5) is 0 Å². The van der Waals surface area contributed by atoms with Gasteiger partial charge < -0.3 is 10.6 Å². The lowest BCUT2D eigenvalue weighted by Crippen LogP contribution is -2.22. The van der Waals surface area contributed by atoms with Gasteiger partial charge in [-0.25, -0.2) is 0 Å². The maximum atomic E-state index is 11.9. The smallest absolute Gasteiger partial charge is 0.265 e. The predicted octanol–water partition coefficient (Wildman–Crippen LogP) is 1.38. The lowest BCUT2D eigenvalue weighted by atomic mass is 10.1. The Kier molecular flexibility index (Phi) is 3.27. The molecule has 19 heavy (non-hydrogen) atoms. The van der Waals surface area contributed by atoms with E-state index in [1.165, 1.54) is 11.1 Å². The minimum absolute atomic E-state index is 0.105. The van der Waals surface area contributed by atoms with Gasteiger partial charge in [0, 0.05) is 19.6 Å². The molecule has 0 fully saturated rings. The average molecular weight is 274 g/mol. The summed E-state index contributed by atoms with van der Waals surface area (Å²) in [6.07, 6.45) is 0. The molecule has 1 aromatic heterocycles. The first-order valence-corrected chi connectivity index (χ1v) is 6.90. The number of nitrogens with zero attached hydrogens (tertiary/aromatic N) is 2. The van der Waals surface area contributed by atoms with E-state index < -0.39 is 0 Å². The number of aryl methyl sites for hydroxylation is 1. The van der Waals surface area contributed by atoms with Crippen LogP contribution in [-0.4, -0.2) is 15.5 Å². The largest absolute Gasteiger partial charge is 0.347 e. The molecule has 0 bridgehead atoms. The van der Waals surface area contributed by atoms with Gasteiger partial charge in [-0.2, -0.15) is 0 Å². The second-order valence-corrected chi connectivity index (χ2v) is 5.33. The van der Waals surface area contributed by atoms with Crippen LogP contribution < -0.4 is 10.6 Å². The summed E-state index contributed by atoms with van der Waals surface area (Å²) in [6, 6.07) is 6.33. The molecule has 1 aliphatic heterocycles. The third kappa shape index (κ3) is 2.50. The van der Waals surface area contributed by atoms with E-state index in [2.05, 4.69) is 38.4 Å². The first kappa shape index (κ1) is 12.3. The number of hydrogen-bond acceptors (Lipinski definition) is 5. The molecular formula is C13H14N4OS. The number of benzene rings is 1. The third-order valence-corrected chi connectivity index (χ3v) is 4.04. The fourth-order valence-electron chi connectivity index (χ4n) is 2.16. The lowest BCUT2D eigenvalue weighted by molar-refractivity contribution is 0.0954. The van der Waals surface area contributed by atoms with Gasteiger partial charge in [0.2, 0.25) is 0 Å². The average Bonchev–Trinajstić information content (AvgIpc) is 3.03. The van der Waals surface area contributed by atoms with Gasteiger partial charge in [0.25, 0.3) is 5.91 Å². The Hall–Kier alpha value is -1.79. The minimum Gasteiger partial charge on any atom is -0.347 e. The van der Waals surface area contributed by atoms with Gasteiger partial charge in [-0.1, -0.05) is 22.7 Å².